The molecule has 6 aromatic rings. The van der Waals surface area contributed by atoms with Crippen molar-refractivity contribution >= 4 is 55.9 Å². The topological polar surface area (TPSA) is 23.4 Å². The average Bonchev–Trinajstić information content (AvgIpc) is 3.35. The lowest BCUT2D eigenvalue weighted by Crippen LogP contribution is -2.41. The Balaban J connectivity index is 1.50. The first-order valence-electron chi connectivity index (χ1n) is 12.6. The van der Waals surface area contributed by atoms with E-state index in [0.29, 0.717) is 0 Å². The number of benzene rings is 5. The van der Waals surface area contributed by atoms with Crippen LogP contribution in [0.15, 0.2) is 97.1 Å². The van der Waals surface area contributed by atoms with Crippen LogP contribution in [0, 0.1) is 0 Å². The molecular formula is C32H28BNO2. The highest BCUT2D eigenvalue weighted by Gasteiger charge is 2.51. The summed E-state index contributed by atoms with van der Waals surface area (Å²) in [4.78, 5) is 0. The molecule has 0 spiro atoms. The maximum atomic E-state index is 6.30. The molecule has 0 atom stereocenters. The van der Waals surface area contributed by atoms with Gasteiger partial charge in [-0.2, -0.15) is 0 Å². The van der Waals surface area contributed by atoms with Crippen LogP contribution in [-0.4, -0.2) is 22.9 Å². The number of nitrogens with zero attached hydrogens (tertiary/aromatic N) is 1. The van der Waals surface area contributed by atoms with E-state index in [2.05, 4.69) is 129 Å². The molecule has 1 aliphatic rings. The van der Waals surface area contributed by atoms with Crippen LogP contribution in [-0.2, 0) is 9.31 Å². The minimum atomic E-state index is -0.369. The van der Waals surface area contributed by atoms with Gasteiger partial charge >= 0.3 is 7.12 Å². The van der Waals surface area contributed by atoms with Crippen LogP contribution in [0.25, 0.3) is 49.0 Å². The third kappa shape index (κ3) is 2.95. The Morgan fingerprint density at radius 3 is 1.69 bits per heavy atom. The average molecular weight is 469 g/mol. The van der Waals surface area contributed by atoms with Crippen LogP contribution in [0.3, 0.4) is 0 Å². The van der Waals surface area contributed by atoms with Crippen molar-refractivity contribution in [2.45, 2.75) is 38.9 Å². The van der Waals surface area contributed by atoms with Gasteiger partial charge in [0.1, 0.15) is 0 Å². The van der Waals surface area contributed by atoms with E-state index in [9.17, 15) is 0 Å². The zero-order valence-electron chi connectivity index (χ0n) is 21.1. The maximum Gasteiger partial charge on any atom is 0.494 e. The van der Waals surface area contributed by atoms with E-state index in [1.807, 2.05) is 0 Å². The molecule has 0 radical (unpaired) electrons. The number of hydrogen-bond acceptors (Lipinski definition) is 2. The molecule has 1 fully saturated rings. The van der Waals surface area contributed by atoms with Gasteiger partial charge < -0.3 is 13.9 Å². The Labute approximate surface area is 211 Å². The van der Waals surface area contributed by atoms with Crippen molar-refractivity contribution in [3.05, 3.63) is 97.1 Å². The molecule has 4 heteroatoms. The number of para-hydroxylation sites is 1. The first kappa shape index (κ1) is 21.7. The van der Waals surface area contributed by atoms with E-state index in [1.165, 1.54) is 43.4 Å². The lowest BCUT2D eigenvalue weighted by atomic mass is 9.79. The maximum absolute atomic E-state index is 6.30. The van der Waals surface area contributed by atoms with Gasteiger partial charge in [0.2, 0.25) is 0 Å². The van der Waals surface area contributed by atoms with Crippen molar-refractivity contribution < 1.29 is 9.31 Å². The highest BCUT2D eigenvalue weighted by Crippen LogP contribution is 2.42. The second-order valence-corrected chi connectivity index (χ2v) is 10.8. The van der Waals surface area contributed by atoms with Gasteiger partial charge in [0.25, 0.3) is 0 Å². The highest BCUT2D eigenvalue weighted by atomic mass is 16.7. The Hall–Kier alpha value is -3.60. The Morgan fingerprint density at radius 1 is 0.556 bits per heavy atom. The summed E-state index contributed by atoms with van der Waals surface area (Å²) in [5.74, 6) is 0. The SMILES string of the molecule is CC1(C)OB(c2ccc(-n3c4ccccc4c4c5ccccc5c5ccccc5c43)cc2)OC1(C)C. The monoisotopic (exact) mass is 469 g/mol. The highest BCUT2D eigenvalue weighted by molar-refractivity contribution is 6.62. The van der Waals surface area contributed by atoms with Crippen LogP contribution in [0.5, 0.6) is 0 Å². The molecule has 0 amide bonds. The number of hydrogen-bond donors (Lipinski definition) is 0. The van der Waals surface area contributed by atoms with Gasteiger partial charge in [-0.1, -0.05) is 78.9 Å². The summed E-state index contributed by atoms with van der Waals surface area (Å²) in [6.07, 6.45) is 0. The van der Waals surface area contributed by atoms with Gasteiger partial charge in [0.05, 0.1) is 22.2 Å². The number of aromatic nitrogens is 1. The van der Waals surface area contributed by atoms with Crippen LogP contribution < -0.4 is 5.46 Å². The normalized spacial score (nSPS) is 17.1. The Bertz CT molecular complexity index is 1780. The van der Waals surface area contributed by atoms with Crippen LogP contribution >= 0.6 is 0 Å². The molecule has 7 rings (SSSR count). The predicted octanol–water partition coefficient (Wildman–Crippen LogP) is 7.39. The van der Waals surface area contributed by atoms with Crippen LogP contribution in [0.2, 0.25) is 0 Å². The van der Waals surface area contributed by atoms with E-state index in [0.717, 1.165) is 11.2 Å². The van der Waals surface area contributed by atoms with Crippen molar-refractivity contribution in [3.8, 4) is 5.69 Å². The summed E-state index contributed by atoms with van der Waals surface area (Å²) in [6.45, 7) is 8.37. The third-order valence-electron chi connectivity index (χ3n) is 8.22. The summed E-state index contributed by atoms with van der Waals surface area (Å²) < 4.78 is 15.0. The second-order valence-electron chi connectivity index (χ2n) is 10.8. The first-order chi connectivity index (χ1) is 17.4. The molecule has 0 bridgehead atoms. The van der Waals surface area contributed by atoms with E-state index < -0.39 is 0 Å². The van der Waals surface area contributed by atoms with Crippen LogP contribution in [0.1, 0.15) is 27.7 Å². The molecule has 3 nitrogen and oxygen atoms in total. The molecule has 0 saturated carbocycles. The van der Waals surface area contributed by atoms with Gasteiger partial charge in [0, 0.05) is 21.8 Å². The molecule has 1 aliphatic heterocycles. The third-order valence-corrected chi connectivity index (χ3v) is 8.22. The molecule has 1 aromatic heterocycles. The van der Waals surface area contributed by atoms with Gasteiger partial charge in [-0.05, 0) is 67.5 Å². The smallest absolute Gasteiger partial charge is 0.399 e. The van der Waals surface area contributed by atoms with E-state index >= 15 is 0 Å². The first-order valence-corrected chi connectivity index (χ1v) is 12.6. The lowest BCUT2D eigenvalue weighted by molar-refractivity contribution is 0.00578. The van der Waals surface area contributed by atoms with E-state index in [4.69, 9.17) is 9.31 Å². The van der Waals surface area contributed by atoms with Crippen molar-refractivity contribution in [3.63, 3.8) is 0 Å². The van der Waals surface area contributed by atoms with E-state index in [-0.39, 0.29) is 18.3 Å². The molecule has 0 N–H and O–H groups in total. The van der Waals surface area contributed by atoms with Crippen LogP contribution in [0.4, 0.5) is 0 Å². The molecule has 176 valence electrons. The van der Waals surface area contributed by atoms with Gasteiger partial charge in [0.15, 0.2) is 0 Å². The molecule has 36 heavy (non-hydrogen) atoms. The summed E-state index contributed by atoms with van der Waals surface area (Å²) >= 11 is 0. The van der Waals surface area contributed by atoms with Crippen molar-refractivity contribution in [1.29, 1.82) is 0 Å². The fraction of sp³-hybridized carbons (Fsp3) is 0.188. The standard InChI is InChI=1S/C32H28BNO2/c1-31(2)32(3,4)36-33(35-31)21-17-19-22(20-18-21)34-28-16-10-9-15-27(28)29-25-13-7-5-11-23(25)24-12-6-8-14-26(24)30(29)34/h5-20H,1-4H3. The number of fused-ring (bicyclic) bond motifs is 8. The van der Waals surface area contributed by atoms with Crippen molar-refractivity contribution in [2.24, 2.45) is 0 Å². The fourth-order valence-electron chi connectivity index (χ4n) is 5.66. The zero-order valence-corrected chi connectivity index (χ0v) is 21.1. The minimum Gasteiger partial charge on any atom is -0.399 e. The zero-order chi connectivity index (χ0) is 24.7. The minimum absolute atomic E-state index is 0.358. The summed E-state index contributed by atoms with van der Waals surface area (Å²) in [7, 11) is -0.369. The lowest BCUT2D eigenvalue weighted by Gasteiger charge is -2.32. The summed E-state index contributed by atoms with van der Waals surface area (Å²) in [5, 5.41) is 7.69. The molecule has 5 aromatic carbocycles. The van der Waals surface area contributed by atoms with Gasteiger partial charge in [-0.25, -0.2) is 0 Å². The quantitative estimate of drug-likeness (QED) is 0.195. The van der Waals surface area contributed by atoms with Crippen molar-refractivity contribution in [2.75, 3.05) is 0 Å². The predicted molar refractivity (Wildman–Crippen MR) is 152 cm³/mol. The summed E-state index contributed by atoms with van der Waals surface area (Å²) in [5.41, 5.74) is 3.90. The molecular weight excluding hydrogens is 441 g/mol. The molecule has 1 saturated heterocycles. The van der Waals surface area contributed by atoms with Crippen molar-refractivity contribution in [1.82, 2.24) is 4.57 Å². The van der Waals surface area contributed by atoms with E-state index in [1.54, 1.807) is 0 Å². The second kappa shape index (κ2) is 7.46. The molecule has 0 aliphatic carbocycles. The van der Waals surface area contributed by atoms with Gasteiger partial charge in [-0.3, -0.25) is 0 Å². The Kier molecular flexibility index (Phi) is 4.49. The molecule has 2 heterocycles. The molecule has 0 unspecified atom stereocenters. The van der Waals surface area contributed by atoms with Gasteiger partial charge in [-0.15, -0.1) is 0 Å². The fourth-order valence-corrected chi connectivity index (χ4v) is 5.66. The largest absolute Gasteiger partial charge is 0.494 e. The Morgan fingerprint density at radius 2 is 1.06 bits per heavy atom. The summed E-state index contributed by atoms with van der Waals surface area (Å²) in [6, 6.07) is 34.9. The number of rotatable bonds is 2.